The topological polar surface area (TPSA) is 124 Å². The third-order valence-electron chi connectivity index (χ3n) is 7.96. The van der Waals surface area contributed by atoms with Gasteiger partial charge in [0.05, 0.1) is 24.4 Å². The van der Waals surface area contributed by atoms with Gasteiger partial charge in [0.2, 0.25) is 11.9 Å². The van der Waals surface area contributed by atoms with Crippen LogP contribution < -0.4 is 10.1 Å². The molecule has 1 aromatic carbocycles. The van der Waals surface area contributed by atoms with Gasteiger partial charge in [0, 0.05) is 61.5 Å². The largest absolute Gasteiger partial charge is 0.493 e. The van der Waals surface area contributed by atoms with Crippen molar-refractivity contribution in [1.29, 1.82) is 0 Å². The van der Waals surface area contributed by atoms with Crippen LogP contribution in [0.4, 0.5) is 5.95 Å². The number of sulfone groups is 1. The fraction of sp³-hybridized carbons (Fsp3) is 0.448. The Hall–Kier alpha value is -3.93. The maximum absolute atomic E-state index is 13.2. The van der Waals surface area contributed by atoms with Crippen molar-refractivity contribution in [1.82, 2.24) is 29.0 Å². The van der Waals surface area contributed by atoms with Crippen molar-refractivity contribution in [2.45, 2.75) is 51.2 Å². The number of benzene rings is 1. The number of fused-ring (bicyclic) bond motifs is 2. The molecule has 2 aliphatic rings. The molecule has 1 aliphatic carbocycles. The number of imidazole rings is 1. The summed E-state index contributed by atoms with van der Waals surface area (Å²) < 4.78 is 32.8. The molecule has 216 valence electrons. The number of nitrogens with zero attached hydrogens (tertiary/aromatic N) is 6. The predicted octanol–water partition coefficient (Wildman–Crippen LogP) is 3.44. The quantitative estimate of drug-likeness (QED) is 0.300. The van der Waals surface area contributed by atoms with E-state index in [2.05, 4.69) is 19.9 Å². The van der Waals surface area contributed by atoms with Crippen molar-refractivity contribution in [2.24, 2.45) is 5.92 Å². The van der Waals surface area contributed by atoms with E-state index < -0.39 is 9.84 Å². The molecule has 41 heavy (non-hydrogen) atoms. The zero-order valence-electron chi connectivity index (χ0n) is 23.1. The third-order valence-corrected chi connectivity index (χ3v) is 8.99. The maximum atomic E-state index is 13.2. The van der Waals surface area contributed by atoms with Gasteiger partial charge in [-0.1, -0.05) is 6.07 Å². The number of aromatic nitrogens is 5. The summed E-state index contributed by atoms with van der Waals surface area (Å²) in [5.74, 6) is 3.37. The second-order valence-electron chi connectivity index (χ2n) is 10.9. The average molecular weight is 578 g/mol. The highest BCUT2D eigenvalue weighted by atomic mass is 32.2. The smallest absolute Gasteiger partial charge is 0.226 e. The molecule has 4 aromatic rings. The lowest BCUT2D eigenvalue weighted by Crippen LogP contribution is -2.43. The first-order valence-corrected chi connectivity index (χ1v) is 16.2. The average Bonchev–Trinajstić information content (AvgIpc) is 3.62. The molecular weight excluding hydrogens is 542 g/mol. The number of hydrogen-bond acceptors (Lipinski definition) is 8. The fourth-order valence-electron chi connectivity index (χ4n) is 5.81. The van der Waals surface area contributed by atoms with Crippen LogP contribution in [0.25, 0.3) is 16.7 Å². The molecule has 4 heterocycles. The first-order valence-electron chi connectivity index (χ1n) is 14.1. The van der Waals surface area contributed by atoms with Gasteiger partial charge in [0.1, 0.15) is 27.2 Å². The SMILES string of the molecule is CS(=O)(=O)CCCOc1cccc2c1ccn2-c1ccnc(NC2CCC(C(=O)N3CCn4ccnc4C3)CC2)n1. The van der Waals surface area contributed by atoms with E-state index in [1.165, 1.54) is 6.26 Å². The number of hydrogen-bond donors (Lipinski definition) is 1. The molecule has 11 nitrogen and oxygen atoms in total. The monoisotopic (exact) mass is 577 g/mol. The van der Waals surface area contributed by atoms with E-state index in [4.69, 9.17) is 9.72 Å². The molecule has 1 aliphatic heterocycles. The first-order chi connectivity index (χ1) is 19.8. The molecule has 1 fully saturated rings. The van der Waals surface area contributed by atoms with E-state index in [0.717, 1.165) is 61.3 Å². The highest BCUT2D eigenvalue weighted by Gasteiger charge is 2.31. The summed E-state index contributed by atoms with van der Waals surface area (Å²) in [6, 6.07) is 9.86. The van der Waals surface area contributed by atoms with Gasteiger partial charge in [-0.15, -0.1) is 0 Å². The van der Waals surface area contributed by atoms with E-state index in [0.29, 0.717) is 31.3 Å². The van der Waals surface area contributed by atoms with Gasteiger partial charge in [-0.2, -0.15) is 4.98 Å². The van der Waals surface area contributed by atoms with Crippen molar-refractivity contribution in [3.8, 4) is 11.6 Å². The van der Waals surface area contributed by atoms with Gasteiger partial charge in [-0.05, 0) is 56.4 Å². The second-order valence-corrected chi connectivity index (χ2v) is 13.2. The lowest BCUT2D eigenvalue weighted by molar-refractivity contribution is -0.138. The highest BCUT2D eigenvalue weighted by molar-refractivity contribution is 7.90. The van der Waals surface area contributed by atoms with Gasteiger partial charge >= 0.3 is 0 Å². The van der Waals surface area contributed by atoms with Crippen LogP contribution in [0.1, 0.15) is 37.9 Å². The summed E-state index contributed by atoms with van der Waals surface area (Å²) in [6.07, 6.45) is 12.6. The number of ether oxygens (including phenoxy) is 1. The standard InChI is InChI=1S/C29H35N7O4S/c1-41(38,39)19-3-18-40-25-5-2-4-24-23(25)11-14-36(24)26-10-12-31-29(33-26)32-22-8-6-21(7-9-22)28(37)35-17-16-34-15-13-30-27(34)20-35/h2,4-5,10-15,21-22H,3,6-9,16-20H2,1H3,(H,31,32,33). The number of carbonyl (C=O) groups is 1. The number of nitrogens with one attached hydrogen (secondary N) is 1. The lowest BCUT2D eigenvalue weighted by Gasteiger charge is -2.34. The number of amides is 1. The van der Waals surface area contributed by atoms with Crippen LogP contribution in [-0.4, -0.2) is 74.5 Å². The Balaban J connectivity index is 1.06. The Labute approximate surface area is 239 Å². The molecule has 1 N–H and O–H groups in total. The molecule has 12 heteroatoms. The van der Waals surface area contributed by atoms with Crippen molar-refractivity contribution in [3.05, 3.63) is 60.9 Å². The van der Waals surface area contributed by atoms with E-state index in [1.807, 2.05) is 52.2 Å². The summed E-state index contributed by atoms with van der Waals surface area (Å²) in [4.78, 5) is 28.8. The lowest BCUT2D eigenvalue weighted by atomic mass is 9.85. The molecular formula is C29H35N7O4S. The minimum absolute atomic E-state index is 0.0517. The minimum Gasteiger partial charge on any atom is -0.493 e. The van der Waals surface area contributed by atoms with Crippen molar-refractivity contribution in [2.75, 3.05) is 30.5 Å². The minimum atomic E-state index is -3.01. The van der Waals surface area contributed by atoms with E-state index in [-0.39, 0.29) is 23.6 Å². The zero-order chi connectivity index (χ0) is 28.4. The molecule has 6 rings (SSSR count). The van der Waals surface area contributed by atoms with Crippen LogP contribution in [0, 0.1) is 5.92 Å². The molecule has 0 saturated heterocycles. The van der Waals surface area contributed by atoms with Gasteiger partial charge in [-0.3, -0.25) is 4.79 Å². The predicted molar refractivity (Wildman–Crippen MR) is 156 cm³/mol. The van der Waals surface area contributed by atoms with Crippen LogP contribution in [-0.2, 0) is 27.7 Å². The molecule has 1 saturated carbocycles. The molecule has 0 spiro atoms. The highest BCUT2D eigenvalue weighted by Crippen LogP contribution is 2.30. The maximum Gasteiger partial charge on any atom is 0.226 e. The summed E-state index contributed by atoms with van der Waals surface area (Å²) in [7, 11) is -3.01. The summed E-state index contributed by atoms with van der Waals surface area (Å²) in [5, 5.41) is 4.42. The van der Waals surface area contributed by atoms with Crippen molar-refractivity contribution < 1.29 is 17.9 Å². The van der Waals surface area contributed by atoms with Crippen LogP contribution in [0.2, 0.25) is 0 Å². The van der Waals surface area contributed by atoms with E-state index in [1.54, 1.807) is 12.4 Å². The number of anilines is 1. The van der Waals surface area contributed by atoms with Crippen molar-refractivity contribution in [3.63, 3.8) is 0 Å². The van der Waals surface area contributed by atoms with Crippen LogP contribution >= 0.6 is 0 Å². The fourth-order valence-corrected chi connectivity index (χ4v) is 6.45. The molecule has 3 aromatic heterocycles. The van der Waals surface area contributed by atoms with Crippen LogP contribution in [0.3, 0.4) is 0 Å². The number of carbonyl (C=O) groups excluding carboxylic acids is 1. The van der Waals surface area contributed by atoms with Gasteiger partial charge in [0.25, 0.3) is 0 Å². The molecule has 0 unspecified atom stereocenters. The zero-order valence-corrected chi connectivity index (χ0v) is 24.0. The molecule has 0 atom stereocenters. The molecule has 0 bridgehead atoms. The summed E-state index contributed by atoms with van der Waals surface area (Å²) in [6.45, 7) is 2.47. The van der Waals surface area contributed by atoms with E-state index >= 15 is 0 Å². The van der Waals surface area contributed by atoms with Crippen molar-refractivity contribution >= 4 is 32.6 Å². The Morgan fingerprint density at radius 1 is 1.05 bits per heavy atom. The van der Waals surface area contributed by atoms with Crippen LogP contribution in [0.5, 0.6) is 5.75 Å². The first kappa shape index (κ1) is 27.3. The third kappa shape index (κ3) is 6.22. The number of rotatable bonds is 9. The Morgan fingerprint density at radius 3 is 2.73 bits per heavy atom. The Morgan fingerprint density at radius 2 is 1.90 bits per heavy atom. The van der Waals surface area contributed by atoms with Gasteiger partial charge in [-0.25, -0.2) is 18.4 Å². The Kier molecular flexibility index (Phi) is 7.65. The van der Waals surface area contributed by atoms with Crippen LogP contribution in [0.15, 0.2) is 55.1 Å². The normalized spacial score (nSPS) is 19.2. The van der Waals surface area contributed by atoms with E-state index in [9.17, 15) is 13.2 Å². The summed E-state index contributed by atoms with van der Waals surface area (Å²) in [5.41, 5.74) is 0.939. The molecule has 0 radical (unpaired) electrons. The van der Waals surface area contributed by atoms with Gasteiger partial charge < -0.3 is 24.1 Å². The Bertz CT molecular complexity index is 1640. The summed E-state index contributed by atoms with van der Waals surface area (Å²) >= 11 is 0. The second kappa shape index (κ2) is 11.5. The molecule has 1 amide bonds. The van der Waals surface area contributed by atoms with Gasteiger partial charge in [0.15, 0.2) is 0 Å².